The second kappa shape index (κ2) is 12.2. The number of aliphatic hydroxyl groups is 1. The molecular formula is C30H29F6N5O4. The number of halogens is 6. The van der Waals surface area contributed by atoms with Gasteiger partial charge in [-0.1, -0.05) is 18.2 Å². The first-order valence-electron chi connectivity index (χ1n) is 13.8. The quantitative estimate of drug-likeness (QED) is 0.267. The number of para-hydroxylation sites is 1. The lowest BCUT2D eigenvalue weighted by molar-refractivity contribution is -0.275. The van der Waals surface area contributed by atoms with Gasteiger partial charge < -0.3 is 19.5 Å². The summed E-state index contributed by atoms with van der Waals surface area (Å²) in [5.74, 6) is -0.554. The summed E-state index contributed by atoms with van der Waals surface area (Å²) in [4.78, 5) is 21.5. The van der Waals surface area contributed by atoms with Crippen LogP contribution in [0, 0.1) is 6.92 Å². The SMILES string of the molecule is COc1ccc(-c2nc3c(C(=O)N4CCN([C@H](CO)c5ccccc5OC(F)(F)F)C[C@H]4C)cnn3c(C(F)(F)F)c2C)cc1. The minimum Gasteiger partial charge on any atom is -0.497 e. The average molecular weight is 638 g/mol. The number of aliphatic hydroxyl groups excluding tert-OH is 1. The molecule has 1 aliphatic rings. The summed E-state index contributed by atoms with van der Waals surface area (Å²) in [5, 5.41) is 14.1. The second-order valence-electron chi connectivity index (χ2n) is 10.6. The van der Waals surface area contributed by atoms with E-state index >= 15 is 0 Å². The maximum atomic E-state index is 14.3. The predicted molar refractivity (Wildman–Crippen MR) is 150 cm³/mol. The molecule has 4 aromatic rings. The number of rotatable bonds is 7. The zero-order valence-corrected chi connectivity index (χ0v) is 24.4. The van der Waals surface area contributed by atoms with Gasteiger partial charge in [0.15, 0.2) is 11.3 Å². The molecule has 1 amide bonds. The molecule has 15 heteroatoms. The molecule has 45 heavy (non-hydrogen) atoms. The van der Waals surface area contributed by atoms with Crippen molar-refractivity contribution in [2.24, 2.45) is 0 Å². The monoisotopic (exact) mass is 637 g/mol. The van der Waals surface area contributed by atoms with Gasteiger partial charge in [0.2, 0.25) is 0 Å². The molecule has 3 heterocycles. The highest BCUT2D eigenvalue weighted by atomic mass is 19.4. The molecule has 9 nitrogen and oxygen atoms in total. The molecule has 0 aliphatic carbocycles. The highest BCUT2D eigenvalue weighted by molar-refractivity contribution is 6.00. The lowest BCUT2D eigenvalue weighted by atomic mass is 10.0. The van der Waals surface area contributed by atoms with Crippen LogP contribution in [0.1, 0.15) is 40.1 Å². The highest BCUT2D eigenvalue weighted by Gasteiger charge is 2.40. The number of amides is 1. The van der Waals surface area contributed by atoms with Crippen molar-refractivity contribution in [2.45, 2.75) is 38.5 Å². The topological polar surface area (TPSA) is 92.4 Å². The Morgan fingerprint density at radius 2 is 1.76 bits per heavy atom. The first-order chi connectivity index (χ1) is 21.2. The average Bonchev–Trinajstić information content (AvgIpc) is 3.39. The van der Waals surface area contributed by atoms with E-state index in [1.807, 2.05) is 0 Å². The molecule has 1 fully saturated rings. The van der Waals surface area contributed by atoms with Gasteiger partial charge >= 0.3 is 12.5 Å². The van der Waals surface area contributed by atoms with Gasteiger partial charge in [0.1, 0.15) is 17.1 Å². The van der Waals surface area contributed by atoms with E-state index in [0.29, 0.717) is 15.8 Å². The molecule has 2 aromatic heterocycles. The van der Waals surface area contributed by atoms with Gasteiger partial charge in [-0.3, -0.25) is 9.69 Å². The Labute approximate surface area is 253 Å². The van der Waals surface area contributed by atoms with Gasteiger partial charge in [-0.15, -0.1) is 13.2 Å². The number of hydrogen-bond donors (Lipinski definition) is 1. The Kier molecular flexibility index (Phi) is 8.68. The second-order valence-corrected chi connectivity index (χ2v) is 10.6. The van der Waals surface area contributed by atoms with Crippen molar-refractivity contribution in [2.75, 3.05) is 33.4 Å². The smallest absolute Gasteiger partial charge is 0.497 e. The van der Waals surface area contributed by atoms with Crippen LogP contribution in [-0.2, 0) is 6.18 Å². The number of alkyl halides is 6. The summed E-state index contributed by atoms with van der Waals surface area (Å²) in [6, 6.07) is 10.4. The van der Waals surface area contributed by atoms with Crippen molar-refractivity contribution in [1.29, 1.82) is 0 Å². The fourth-order valence-electron chi connectivity index (χ4n) is 5.70. The molecule has 0 bridgehead atoms. The van der Waals surface area contributed by atoms with Crippen LogP contribution in [0.2, 0.25) is 0 Å². The summed E-state index contributed by atoms with van der Waals surface area (Å²) >= 11 is 0. The van der Waals surface area contributed by atoms with E-state index in [1.165, 1.54) is 37.1 Å². The Balaban J connectivity index is 1.46. The molecular weight excluding hydrogens is 608 g/mol. The van der Waals surface area contributed by atoms with E-state index in [2.05, 4.69) is 14.8 Å². The molecule has 0 saturated carbocycles. The lowest BCUT2D eigenvalue weighted by Gasteiger charge is -2.43. The molecule has 240 valence electrons. The molecule has 1 N–H and O–H groups in total. The number of fused-ring (bicyclic) bond motifs is 1. The van der Waals surface area contributed by atoms with E-state index in [9.17, 15) is 36.2 Å². The Morgan fingerprint density at radius 3 is 2.36 bits per heavy atom. The third-order valence-corrected chi connectivity index (χ3v) is 7.78. The molecule has 2 aromatic carbocycles. The zero-order chi connectivity index (χ0) is 32.7. The third kappa shape index (κ3) is 6.40. The van der Waals surface area contributed by atoms with Gasteiger partial charge in [-0.25, -0.2) is 9.50 Å². The van der Waals surface area contributed by atoms with E-state index < -0.39 is 48.6 Å². The fraction of sp³-hybridized carbons (Fsp3) is 0.367. The summed E-state index contributed by atoms with van der Waals surface area (Å²) in [5.41, 5.74) is -1.13. The van der Waals surface area contributed by atoms with Crippen molar-refractivity contribution in [3.8, 4) is 22.8 Å². The van der Waals surface area contributed by atoms with Crippen LogP contribution in [0.4, 0.5) is 26.3 Å². The number of benzene rings is 2. The summed E-state index contributed by atoms with van der Waals surface area (Å²) in [6.07, 6.45) is -8.70. The predicted octanol–water partition coefficient (Wildman–Crippen LogP) is 5.51. The number of methoxy groups -OCH3 is 1. The number of hydrogen-bond acceptors (Lipinski definition) is 7. The van der Waals surface area contributed by atoms with Crippen molar-refractivity contribution >= 4 is 11.6 Å². The first kappa shape index (κ1) is 32.0. The standard InChI is InChI=1S/C30H29F6N5O4/c1-17-15-39(23(16-42)21-6-4-5-7-24(21)45-30(34,35)36)12-13-40(17)28(43)22-14-37-41-26(29(31,32)33)18(2)25(38-27(22)41)19-8-10-20(44-3)11-9-19/h4-11,14,17,23,42H,12-13,15-16H2,1-3H3/t17-,23-/m1/s1. The summed E-state index contributed by atoms with van der Waals surface area (Å²) in [6.45, 7) is 2.83. The van der Waals surface area contributed by atoms with E-state index in [4.69, 9.17) is 4.74 Å². The Morgan fingerprint density at radius 1 is 1.07 bits per heavy atom. The van der Waals surface area contributed by atoms with Crippen LogP contribution in [0.15, 0.2) is 54.7 Å². The highest BCUT2D eigenvalue weighted by Crippen LogP contribution is 2.38. The van der Waals surface area contributed by atoms with Crippen molar-refractivity contribution in [3.05, 3.63) is 77.1 Å². The maximum absolute atomic E-state index is 14.3. The van der Waals surface area contributed by atoms with E-state index in [1.54, 1.807) is 36.1 Å². The van der Waals surface area contributed by atoms with Crippen LogP contribution >= 0.6 is 0 Å². The zero-order valence-electron chi connectivity index (χ0n) is 24.4. The van der Waals surface area contributed by atoms with Crippen LogP contribution in [0.3, 0.4) is 0 Å². The number of ether oxygens (including phenoxy) is 2. The molecule has 2 atom stereocenters. The number of aromatic nitrogens is 3. The largest absolute Gasteiger partial charge is 0.573 e. The van der Waals surface area contributed by atoms with E-state index in [-0.39, 0.29) is 47.7 Å². The summed E-state index contributed by atoms with van der Waals surface area (Å²) in [7, 11) is 1.46. The molecule has 0 unspecified atom stereocenters. The van der Waals surface area contributed by atoms with Crippen LogP contribution in [-0.4, -0.2) is 81.2 Å². The van der Waals surface area contributed by atoms with Gasteiger partial charge in [0, 0.05) is 42.4 Å². The Hall–Kier alpha value is -4.37. The molecule has 0 radical (unpaired) electrons. The molecule has 1 aliphatic heterocycles. The molecule has 5 rings (SSSR count). The number of nitrogens with zero attached hydrogens (tertiary/aromatic N) is 5. The first-order valence-corrected chi connectivity index (χ1v) is 13.8. The molecule has 0 spiro atoms. The van der Waals surface area contributed by atoms with Gasteiger partial charge in [0.25, 0.3) is 5.91 Å². The van der Waals surface area contributed by atoms with Gasteiger partial charge in [-0.2, -0.15) is 18.3 Å². The van der Waals surface area contributed by atoms with Crippen molar-refractivity contribution in [3.63, 3.8) is 0 Å². The molecule has 1 saturated heterocycles. The van der Waals surface area contributed by atoms with Gasteiger partial charge in [-0.05, 0) is 44.2 Å². The normalized spacial score (nSPS) is 17.0. The van der Waals surface area contributed by atoms with Crippen LogP contribution in [0.5, 0.6) is 11.5 Å². The minimum absolute atomic E-state index is 0.0235. The van der Waals surface area contributed by atoms with Crippen molar-refractivity contribution < 1.29 is 45.7 Å². The summed E-state index contributed by atoms with van der Waals surface area (Å²) < 4.78 is 92.0. The Bertz CT molecular complexity index is 1690. The van der Waals surface area contributed by atoms with Crippen LogP contribution in [0.25, 0.3) is 16.9 Å². The lowest BCUT2D eigenvalue weighted by Crippen LogP contribution is -2.55. The van der Waals surface area contributed by atoms with Gasteiger partial charge in [0.05, 0.1) is 31.6 Å². The number of carbonyl (C=O) groups excluding carboxylic acids is 1. The maximum Gasteiger partial charge on any atom is 0.573 e. The minimum atomic E-state index is -4.94. The fourth-order valence-corrected chi connectivity index (χ4v) is 5.70. The van der Waals surface area contributed by atoms with E-state index in [0.717, 1.165) is 12.3 Å². The number of carbonyl (C=O) groups is 1. The van der Waals surface area contributed by atoms with Crippen LogP contribution < -0.4 is 9.47 Å². The third-order valence-electron chi connectivity index (χ3n) is 7.78. The van der Waals surface area contributed by atoms with Crippen molar-refractivity contribution in [1.82, 2.24) is 24.4 Å². The number of piperazine rings is 1.